The van der Waals surface area contributed by atoms with Crippen LogP contribution < -0.4 is 10.6 Å². The molecular weight excluding hydrogens is 400 g/mol. The highest BCUT2D eigenvalue weighted by Crippen LogP contribution is 2.15. The third-order valence-electron chi connectivity index (χ3n) is 3.62. The number of carbonyl (C=O) groups is 4. The predicted octanol–water partition coefficient (Wildman–Crippen LogP) is 3.03. The Labute approximate surface area is 172 Å². The standard InChI is InChI=1S/C20H19ClN2O6/c1-28-20(27)13-5-7-15(8-6-13)22-18(25)12-29-19(26)10-9-17(24)23-16-4-2-3-14(21)11-16/h2-8,11H,9-10,12H2,1H3,(H,22,25)(H,23,24). The molecule has 0 aliphatic carbocycles. The molecule has 2 aromatic carbocycles. The van der Waals surface area contributed by atoms with Gasteiger partial charge in [0.25, 0.3) is 5.91 Å². The zero-order valence-electron chi connectivity index (χ0n) is 15.6. The molecule has 9 heteroatoms. The fourth-order valence-electron chi connectivity index (χ4n) is 2.23. The zero-order chi connectivity index (χ0) is 21.2. The number of methoxy groups -OCH3 is 1. The highest BCUT2D eigenvalue weighted by Gasteiger charge is 2.12. The molecule has 2 aromatic rings. The summed E-state index contributed by atoms with van der Waals surface area (Å²) < 4.78 is 9.43. The Morgan fingerprint density at radius 1 is 0.897 bits per heavy atom. The summed E-state index contributed by atoms with van der Waals surface area (Å²) in [6.07, 6.45) is -0.268. The van der Waals surface area contributed by atoms with Crippen LogP contribution in [0, 0.1) is 0 Å². The van der Waals surface area contributed by atoms with Crippen LogP contribution in [-0.4, -0.2) is 37.5 Å². The van der Waals surface area contributed by atoms with Crippen LogP contribution in [0.1, 0.15) is 23.2 Å². The third-order valence-corrected chi connectivity index (χ3v) is 3.85. The van der Waals surface area contributed by atoms with Crippen LogP contribution >= 0.6 is 11.6 Å². The van der Waals surface area contributed by atoms with Crippen molar-refractivity contribution < 1.29 is 28.7 Å². The molecule has 0 fully saturated rings. The Kier molecular flexibility index (Phi) is 8.17. The van der Waals surface area contributed by atoms with E-state index in [1.54, 1.807) is 24.3 Å². The van der Waals surface area contributed by atoms with E-state index in [9.17, 15) is 19.2 Å². The number of hydrogen-bond donors (Lipinski definition) is 2. The van der Waals surface area contributed by atoms with Crippen LogP contribution in [0.25, 0.3) is 0 Å². The van der Waals surface area contributed by atoms with Crippen LogP contribution in [0.2, 0.25) is 5.02 Å². The quantitative estimate of drug-likeness (QED) is 0.637. The molecule has 8 nitrogen and oxygen atoms in total. The third kappa shape index (κ3) is 7.63. The summed E-state index contributed by atoms with van der Waals surface area (Å²) >= 11 is 5.83. The topological polar surface area (TPSA) is 111 Å². The molecule has 2 rings (SSSR count). The van der Waals surface area contributed by atoms with Gasteiger partial charge in [-0.1, -0.05) is 17.7 Å². The molecule has 0 saturated carbocycles. The van der Waals surface area contributed by atoms with Crippen molar-refractivity contribution >= 4 is 46.7 Å². The normalized spacial score (nSPS) is 10.0. The summed E-state index contributed by atoms with van der Waals surface area (Å²) in [5, 5.41) is 5.61. The van der Waals surface area contributed by atoms with Gasteiger partial charge < -0.3 is 20.1 Å². The molecule has 29 heavy (non-hydrogen) atoms. The van der Waals surface area contributed by atoms with Crippen molar-refractivity contribution in [3.8, 4) is 0 Å². The lowest BCUT2D eigenvalue weighted by atomic mass is 10.2. The van der Waals surface area contributed by atoms with Gasteiger partial charge in [0, 0.05) is 22.8 Å². The first-order chi connectivity index (χ1) is 13.9. The first-order valence-corrected chi connectivity index (χ1v) is 8.94. The average molecular weight is 419 g/mol. The number of ether oxygens (including phenoxy) is 2. The molecule has 0 bridgehead atoms. The predicted molar refractivity (Wildman–Crippen MR) is 107 cm³/mol. The number of anilines is 2. The Morgan fingerprint density at radius 3 is 2.24 bits per heavy atom. The van der Waals surface area contributed by atoms with Crippen LogP contribution in [0.5, 0.6) is 0 Å². The molecule has 2 N–H and O–H groups in total. The summed E-state index contributed by atoms with van der Waals surface area (Å²) in [6, 6.07) is 12.6. The Morgan fingerprint density at radius 2 is 1.59 bits per heavy atom. The van der Waals surface area contributed by atoms with E-state index in [0.29, 0.717) is 22.0 Å². The van der Waals surface area contributed by atoms with Crippen molar-refractivity contribution in [3.05, 3.63) is 59.1 Å². The lowest BCUT2D eigenvalue weighted by molar-refractivity contribution is -0.147. The molecule has 0 radical (unpaired) electrons. The van der Waals surface area contributed by atoms with Crippen molar-refractivity contribution in [3.63, 3.8) is 0 Å². The number of amides is 2. The van der Waals surface area contributed by atoms with E-state index >= 15 is 0 Å². The largest absolute Gasteiger partial charge is 0.465 e. The van der Waals surface area contributed by atoms with E-state index in [2.05, 4.69) is 15.4 Å². The minimum absolute atomic E-state index is 0.0953. The lowest BCUT2D eigenvalue weighted by Gasteiger charge is -2.08. The van der Waals surface area contributed by atoms with E-state index in [1.165, 1.54) is 31.4 Å². The molecule has 0 heterocycles. The van der Waals surface area contributed by atoms with Gasteiger partial charge >= 0.3 is 11.9 Å². The fourth-order valence-corrected chi connectivity index (χ4v) is 2.42. The summed E-state index contributed by atoms with van der Waals surface area (Å²) in [6.45, 7) is -0.493. The monoisotopic (exact) mass is 418 g/mol. The van der Waals surface area contributed by atoms with Gasteiger partial charge in [0.2, 0.25) is 5.91 Å². The minimum atomic E-state index is -0.678. The number of halogens is 1. The first kappa shape index (κ1) is 21.9. The molecule has 2 amide bonds. The van der Waals surface area contributed by atoms with Gasteiger partial charge in [-0.3, -0.25) is 14.4 Å². The molecule has 0 spiro atoms. The zero-order valence-corrected chi connectivity index (χ0v) is 16.3. The Hall–Kier alpha value is -3.39. The second kappa shape index (κ2) is 10.8. The molecular formula is C20H19ClN2O6. The van der Waals surface area contributed by atoms with E-state index in [-0.39, 0.29) is 18.7 Å². The lowest BCUT2D eigenvalue weighted by Crippen LogP contribution is -2.21. The van der Waals surface area contributed by atoms with E-state index in [1.807, 2.05) is 0 Å². The van der Waals surface area contributed by atoms with Crippen molar-refractivity contribution in [1.82, 2.24) is 0 Å². The van der Waals surface area contributed by atoms with E-state index in [0.717, 1.165) is 0 Å². The average Bonchev–Trinajstić information content (AvgIpc) is 2.70. The summed E-state index contributed by atoms with van der Waals surface area (Å²) in [7, 11) is 1.27. The summed E-state index contributed by atoms with van der Waals surface area (Å²) in [5.41, 5.74) is 1.29. The maximum absolute atomic E-state index is 11.8. The molecule has 152 valence electrons. The van der Waals surface area contributed by atoms with Crippen molar-refractivity contribution in [1.29, 1.82) is 0 Å². The summed E-state index contributed by atoms with van der Waals surface area (Å²) in [4.78, 5) is 46.7. The second-order valence-electron chi connectivity index (χ2n) is 5.84. The number of esters is 2. The fraction of sp³-hybridized carbons (Fsp3) is 0.200. The van der Waals surface area contributed by atoms with Crippen LogP contribution in [0.4, 0.5) is 11.4 Å². The smallest absolute Gasteiger partial charge is 0.337 e. The molecule has 0 saturated heterocycles. The molecule has 0 atom stereocenters. The number of rotatable bonds is 8. The van der Waals surface area contributed by atoms with E-state index < -0.39 is 24.5 Å². The number of nitrogens with one attached hydrogen (secondary N) is 2. The number of benzene rings is 2. The molecule has 0 aliphatic heterocycles. The number of hydrogen-bond acceptors (Lipinski definition) is 6. The highest BCUT2D eigenvalue weighted by atomic mass is 35.5. The van der Waals surface area contributed by atoms with Gasteiger partial charge in [0.1, 0.15) is 0 Å². The maximum Gasteiger partial charge on any atom is 0.337 e. The van der Waals surface area contributed by atoms with Crippen LogP contribution in [0.15, 0.2) is 48.5 Å². The van der Waals surface area contributed by atoms with Crippen LogP contribution in [-0.2, 0) is 23.9 Å². The van der Waals surface area contributed by atoms with E-state index in [4.69, 9.17) is 16.3 Å². The van der Waals surface area contributed by atoms with Gasteiger partial charge in [0.05, 0.1) is 19.1 Å². The van der Waals surface area contributed by atoms with Crippen molar-refractivity contribution in [2.45, 2.75) is 12.8 Å². The minimum Gasteiger partial charge on any atom is -0.465 e. The maximum atomic E-state index is 11.8. The van der Waals surface area contributed by atoms with Gasteiger partial charge in [-0.25, -0.2) is 4.79 Å². The SMILES string of the molecule is COC(=O)c1ccc(NC(=O)COC(=O)CCC(=O)Nc2cccc(Cl)c2)cc1. The molecule has 0 aliphatic rings. The molecule has 0 aromatic heterocycles. The van der Waals surface area contributed by atoms with Crippen LogP contribution in [0.3, 0.4) is 0 Å². The van der Waals surface area contributed by atoms with Gasteiger partial charge in [0.15, 0.2) is 6.61 Å². The molecule has 0 unspecified atom stereocenters. The van der Waals surface area contributed by atoms with Crippen molar-refractivity contribution in [2.75, 3.05) is 24.4 Å². The van der Waals surface area contributed by atoms with Gasteiger partial charge in [-0.05, 0) is 42.5 Å². The Bertz CT molecular complexity index is 898. The van der Waals surface area contributed by atoms with Gasteiger partial charge in [-0.15, -0.1) is 0 Å². The second-order valence-corrected chi connectivity index (χ2v) is 6.27. The first-order valence-electron chi connectivity index (χ1n) is 8.56. The summed E-state index contributed by atoms with van der Waals surface area (Å²) in [5.74, 6) is -2.09. The Balaban J connectivity index is 1.69. The van der Waals surface area contributed by atoms with Gasteiger partial charge in [-0.2, -0.15) is 0 Å². The highest BCUT2D eigenvalue weighted by molar-refractivity contribution is 6.30. The van der Waals surface area contributed by atoms with Crippen molar-refractivity contribution in [2.24, 2.45) is 0 Å². The number of carbonyl (C=O) groups excluding carboxylic acids is 4.